The second-order valence-corrected chi connectivity index (χ2v) is 4.55. The lowest BCUT2D eigenvalue weighted by molar-refractivity contribution is 0.369. The van der Waals surface area contributed by atoms with Crippen molar-refractivity contribution in [3.8, 4) is 0 Å². The Morgan fingerprint density at radius 2 is 2.23 bits per heavy atom. The fraction of sp³-hybridized carbons (Fsp3) is 0.571. The van der Waals surface area contributed by atoms with Crippen LogP contribution in [-0.4, -0.2) is 18.1 Å². The maximum Gasteiger partial charge on any atom is 0.269 e. The van der Waals surface area contributed by atoms with Crippen LogP contribution in [0.5, 0.6) is 0 Å². The topological polar surface area (TPSA) is 80.4 Å². The van der Waals surface area contributed by atoms with Crippen LogP contribution < -0.4 is 0 Å². The highest BCUT2D eigenvalue weighted by molar-refractivity contribution is 7.85. The molecule has 0 unspecified atom stereocenters. The molecule has 0 amide bonds. The van der Waals surface area contributed by atoms with Gasteiger partial charge < -0.3 is 4.52 Å². The zero-order chi connectivity index (χ0) is 10.1. The third-order valence-electron chi connectivity index (χ3n) is 1.54. The Morgan fingerprint density at radius 3 is 2.69 bits per heavy atom. The number of aromatic nitrogens is 1. The smallest absolute Gasteiger partial charge is 0.269 e. The Kier molecular flexibility index (Phi) is 2.72. The van der Waals surface area contributed by atoms with Crippen LogP contribution in [0, 0.1) is 0 Å². The van der Waals surface area contributed by atoms with Gasteiger partial charge in [-0.1, -0.05) is 19.0 Å². The number of hydrogen-bond donors (Lipinski definition) is 1. The van der Waals surface area contributed by atoms with Gasteiger partial charge in [0.1, 0.15) is 11.5 Å². The number of nitrogens with zero attached hydrogens (tertiary/aromatic N) is 1. The highest BCUT2D eigenvalue weighted by Crippen LogP contribution is 2.20. The lowest BCUT2D eigenvalue weighted by atomic mass is 10.1. The Labute approximate surface area is 76.5 Å². The van der Waals surface area contributed by atoms with Crippen molar-refractivity contribution in [1.82, 2.24) is 5.16 Å². The minimum atomic E-state index is -4.00. The highest BCUT2D eigenvalue weighted by atomic mass is 32.2. The summed E-state index contributed by atoms with van der Waals surface area (Å²) >= 11 is 0. The van der Waals surface area contributed by atoms with E-state index in [0.29, 0.717) is 11.3 Å². The zero-order valence-corrected chi connectivity index (χ0v) is 8.21. The molecule has 0 aliphatic rings. The molecule has 5 nitrogen and oxygen atoms in total. The standard InChI is InChI=1S/C7H11NO4S/c1-5(2)7-6(3-8-12-7)4-13(9,10)11/h3,5H,4H2,1-2H3,(H,9,10,11). The van der Waals surface area contributed by atoms with Gasteiger partial charge in [-0.3, -0.25) is 4.55 Å². The van der Waals surface area contributed by atoms with Crippen molar-refractivity contribution >= 4 is 10.1 Å². The van der Waals surface area contributed by atoms with Gasteiger partial charge in [-0.15, -0.1) is 0 Å². The van der Waals surface area contributed by atoms with E-state index < -0.39 is 15.9 Å². The first-order valence-electron chi connectivity index (χ1n) is 3.79. The normalized spacial score (nSPS) is 12.3. The Morgan fingerprint density at radius 1 is 1.62 bits per heavy atom. The van der Waals surface area contributed by atoms with Crippen LogP contribution in [0.15, 0.2) is 10.7 Å². The summed E-state index contributed by atoms with van der Waals surface area (Å²) in [5.41, 5.74) is 0.414. The average Bonchev–Trinajstić information content (AvgIpc) is 2.31. The van der Waals surface area contributed by atoms with Crippen LogP contribution in [0.1, 0.15) is 31.1 Å². The van der Waals surface area contributed by atoms with Crippen LogP contribution in [0.25, 0.3) is 0 Å². The first-order valence-corrected chi connectivity index (χ1v) is 5.39. The molecule has 0 saturated heterocycles. The molecule has 0 aromatic carbocycles. The third-order valence-corrected chi connectivity index (χ3v) is 2.21. The molecule has 0 spiro atoms. The molecule has 0 bridgehead atoms. The van der Waals surface area contributed by atoms with Gasteiger partial charge in [0.05, 0.1) is 6.20 Å². The third kappa shape index (κ3) is 2.82. The predicted octanol–water partition coefficient (Wildman–Crippen LogP) is 1.19. The molecule has 1 aromatic heterocycles. The Hall–Kier alpha value is -0.880. The largest absolute Gasteiger partial charge is 0.361 e. The number of hydrogen-bond acceptors (Lipinski definition) is 4. The Balaban J connectivity index is 2.96. The van der Waals surface area contributed by atoms with E-state index in [0.717, 1.165) is 0 Å². The van der Waals surface area contributed by atoms with E-state index in [4.69, 9.17) is 9.08 Å². The summed E-state index contributed by atoms with van der Waals surface area (Å²) in [6, 6.07) is 0. The first-order chi connectivity index (χ1) is 5.90. The first kappa shape index (κ1) is 10.2. The molecule has 6 heteroatoms. The van der Waals surface area contributed by atoms with Crippen molar-refractivity contribution in [3.05, 3.63) is 17.5 Å². The van der Waals surface area contributed by atoms with Crippen molar-refractivity contribution in [2.45, 2.75) is 25.5 Å². The molecule has 13 heavy (non-hydrogen) atoms. The summed E-state index contributed by atoms with van der Waals surface area (Å²) in [7, 11) is -4.00. The molecule has 1 aromatic rings. The van der Waals surface area contributed by atoms with Crippen molar-refractivity contribution in [1.29, 1.82) is 0 Å². The average molecular weight is 205 g/mol. The lowest BCUT2D eigenvalue weighted by Crippen LogP contribution is -2.03. The van der Waals surface area contributed by atoms with Gasteiger partial charge in [-0.2, -0.15) is 8.42 Å². The van der Waals surface area contributed by atoms with E-state index in [1.807, 2.05) is 13.8 Å². The summed E-state index contributed by atoms with van der Waals surface area (Å²) in [4.78, 5) is 0. The molecule has 0 saturated carbocycles. The quantitative estimate of drug-likeness (QED) is 0.749. The van der Waals surface area contributed by atoms with Gasteiger partial charge in [0.2, 0.25) is 0 Å². The molecule has 1 heterocycles. The minimum absolute atomic E-state index is 0.0549. The summed E-state index contributed by atoms with van der Waals surface area (Å²) in [6.07, 6.45) is 1.31. The van der Waals surface area contributed by atoms with Crippen LogP contribution in [0.3, 0.4) is 0 Å². The minimum Gasteiger partial charge on any atom is -0.361 e. The van der Waals surface area contributed by atoms with Crippen LogP contribution in [0.2, 0.25) is 0 Å². The molecule has 0 atom stereocenters. The molecule has 1 N–H and O–H groups in total. The van der Waals surface area contributed by atoms with Crippen LogP contribution in [-0.2, 0) is 15.9 Å². The second-order valence-electron chi connectivity index (χ2n) is 3.10. The molecule has 0 radical (unpaired) electrons. The molecule has 74 valence electrons. The van der Waals surface area contributed by atoms with E-state index in [1.165, 1.54) is 6.20 Å². The van der Waals surface area contributed by atoms with Gasteiger partial charge in [0.15, 0.2) is 0 Å². The fourth-order valence-electron chi connectivity index (χ4n) is 1.05. The second kappa shape index (κ2) is 3.47. The molecule has 0 fully saturated rings. The fourth-order valence-corrected chi connectivity index (χ4v) is 1.66. The van der Waals surface area contributed by atoms with Crippen molar-refractivity contribution < 1.29 is 17.5 Å². The maximum absolute atomic E-state index is 10.6. The van der Waals surface area contributed by atoms with Crippen molar-refractivity contribution in [2.75, 3.05) is 0 Å². The van der Waals surface area contributed by atoms with E-state index >= 15 is 0 Å². The van der Waals surface area contributed by atoms with E-state index in [1.54, 1.807) is 0 Å². The van der Waals surface area contributed by atoms with E-state index in [9.17, 15) is 8.42 Å². The van der Waals surface area contributed by atoms with Crippen LogP contribution >= 0.6 is 0 Å². The van der Waals surface area contributed by atoms with Gasteiger partial charge in [0.25, 0.3) is 10.1 Å². The highest BCUT2D eigenvalue weighted by Gasteiger charge is 2.16. The SMILES string of the molecule is CC(C)c1oncc1CS(=O)(=O)O. The summed E-state index contributed by atoms with van der Waals surface area (Å²) in [6.45, 7) is 3.71. The molecular formula is C7H11NO4S. The summed E-state index contributed by atoms with van der Waals surface area (Å²) in [5, 5.41) is 3.48. The zero-order valence-electron chi connectivity index (χ0n) is 7.39. The molecule has 1 rings (SSSR count). The van der Waals surface area contributed by atoms with Gasteiger partial charge >= 0.3 is 0 Å². The molecular weight excluding hydrogens is 194 g/mol. The van der Waals surface area contributed by atoms with E-state index in [2.05, 4.69) is 5.16 Å². The van der Waals surface area contributed by atoms with Gasteiger partial charge in [-0.05, 0) is 0 Å². The summed E-state index contributed by atoms with van der Waals surface area (Å²) < 4.78 is 34.6. The lowest BCUT2D eigenvalue weighted by Gasteiger charge is -2.01. The maximum atomic E-state index is 10.6. The summed E-state index contributed by atoms with van der Waals surface area (Å²) in [5.74, 6) is 0.112. The predicted molar refractivity (Wildman–Crippen MR) is 45.8 cm³/mol. The van der Waals surface area contributed by atoms with Crippen molar-refractivity contribution in [3.63, 3.8) is 0 Å². The molecule has 0 aliphatic carbocycles. The van der Waals surface area contributed by atoms with Gasteiger partial charge in [0, 0.05) is 11.5 Å². The van der Waals surface area contributed by atoms with Crippen LogP contribution in [0.4, 0.5) is 0 Å². The monoisotopic (exact) mass is 205 g/mol. The van der Waals surface area contributed by atoms with E-state index in [-0.39, 0.29) is 5.92 Å². The Bertz CT molecular complexity index is 379. The van der Waals surface area contributed by atoms with Gasteiger partial charge in [-0.25, -0.2) is 0 Å². The van der Waals surface area contributed by atoms with Crippen molar-refractivity contribution in [2.24, 2.45) is 0 Å². The number of rotatable bonds is 3. The molecule has 0 aliphatic heterocycles.